The number of hydrogen-bond acceptors (Lipinski definition) is 1. The summed E-state index contributed by atoms with van der Waals surface area (Å²) in [5.41, 5.74) is 10.6. The highest BCUT2D eigenvalue weighted by atomic mass is 15.0. The molecule has 0 amide bonds. The Morgan fingerprint density at radius 1 is 1.21 bits per heavy atom. The van der Waals surface area contributed by atoms with E-state index in [2.05, 4.69) is 17.6 Å². The van der Waals surface area contributed by atoms with Crippen LogP contribution in [0.5, 0.6) is 0 Å². The third-order valence-corrected chi connectivity index (χ3v) is 5.25. The van der Waals surface area contributed by atoms with Gasteiger partial charge in [-0.3, -0.25) is 0 Å². The molecule has 2 N–H and O–H groups in total. The van der Waals surface area contributed by atoms with E-state index >= 15 is 0 Å². The molecule has 1 aromatic rings. The van der Waals surface area contributed by atoms with E-state index in [-0.39, 0.29) is 0 Å². The molecule has 19 heavy (non-hydrogen) atoms. The second kappa shape index (κ2) is 5.70. The monoisotopic (exact) mass is 260 g/mol. The lowest BCUT2D eigenvalue weighted by atomic mass is 9.93. The molecule has 0 radical (unpaired) electrons. The van der Waals surface area contributed by atoms with E-state index in [1.165, 1.54) is 75.6 Å². The Bertz CT molecular complexity index is 427. The topological polar surface area (TPSA) is 30.9 Å². The average Bonchev–Trinajstić information content (AvgIpc) is 3.00. The third kappa shape index (κ3) is 2.74. The maximum atomic E-state index is 6.24. The summed E-state index contributed by atoms with van der Waals surface area (Å²) in [6, 6.07) is 2.63. The van der Waals surface area contributed by atoms with Gasteiger partial charge in [0.05, 0.1) is 0 Å². The fourth-order valence-corrected chi connectivity index (χ4v) is 4.15. The highest BCUT2D eigenvalue weighted by Crippen LogP contribution is 2.32. The smallest absolute Gasteiger partial charge is 0.0313 e. The van der Waals surface area contributed by atoms with Crippen LogP contribution in [0.2, 0.25) is 0 Å². The van der Waals surface area contributed by atoms with Crippen LogP contribution in [-0.2, 0) is 13.0 Å². The maximum Gasteiger partial charge on any atom is 0.0313 e. The highest BCUT2D eigenvalue weighted by molar-refractivity contribution is 5.32. The predicted molar refractivity (Wildman–Crippen MR) is 80.2 cm³/mol. The molecule has 1 fully saturated rings. The van der Waals surface area contributed by atoms with Crippen LogP contribution in [0.3, 0.4) is 0 Å². The van der Waals surface area contributed by atoms with Gasteiger partial charge in [0, 0.05) is 24.0 Å². The molecule has 1 aromatic heterocycles. The number of nitrogens with zero attached hydrogens (tertiary/aromatic N) is 1. The Labute approximate surface area is 117 Å². The van der Waals surface area contributed by atoms with Crippen molar-refractivity contribution in [3.8, 4) is 0 Å². The molecule has 0 aromatic carbocycles. The van der Waals surface area contributed by atoms with Gasteiger partial charge in [-0.15, -0.1) is 0 Å². The van der Waals surface area contributed by atoms with Crippen LogP contribution in [0, 0.1) is 12.8 Å². The minimum Gasteiger partial charge on any atom is -0.349 e. The molecule has 1 saturated carbocycles. The molecule has 2 aliphatic carbocycles. The van der Waals surface area contributed by atoms with Gasteiger partial charge in [-0.1, -0.05) is 25.7 Å². The van der Waals surface area contributed by atoms with E-state index in [1.807, 2.05) is 0 Å². The van der Waals surface area contributed by atoms with Crippen molar-refractivity contribution in [3.63, 3.8) is 0 Å². The quantitative estimate of drug-likeness (QED) is 0.868. The average molecular weight is 260 g/mol. The van der Waals surface area contributed by atoms with E-state index < -0.39 is 0 Å². The van der Waals surface area contributed by atoms with E-state index in [1.54, 1.807) is 5.69 Å². The molecule has 0 aliphatic heterocycles. The van der Waals surface area contributed by atoms with Gasteiger partial charge >= 0.3 is 0 Å². The summed E-state index contributed by atoms with van der Waals surface area (Å²) >= 11 is 0. The molecule has 3 rings (SSSR count). The molecule has 1 unspecified atom stereocenters. The Hall–Kier alpha value is -0.760. The molecule has 0 spiro atoms. The van der Waals surface area contributed by atoms with Gasteiger partial charge in [0.25, 0.3) is 0 Å². The number of hydrogen-bond donors (Lipinski definition) is 1. The number of aryl methyl sites for hydroxylation is 1. The fourth-order valence-electron chi connectivity index (χ4n) is 4.15. The zero-order valence-electron chi connectivity index (χ0n) is 12.3. The van der Waals surface area contributed by atoms with Crippen molar-refractivity contribution in [2.45, 2.75) is 77.3 Å². The van der Waals surface area contributed by atoms with Crippen molar-refractivity contribution in [1.29, 1.82) is 0 Å². The lowest BCUT2D eigenvalue weighted by Crippen LogP contribution is -2.18. The lowest BCUT2D eigenvalue weighted by molar-refractivity contribution is 0.448. The first-order valence-corrected chi connectivity index (χ1v) is 8.20. The molecule has 106 valence electrons. The first-order valence-electron chi connectivity index (χ1n) is 8.20. The van der Waals surface area contributed by atoms with Crippen LogP contribution in [0.1, 0.15) is 74.4 Å². The van der Waals surface area contributed by atoms with Crippen LogP contribution < -0.4 is 5.73 Å². The first kappa shape index (κ1) is 13.2. The van der Waals surface area contributed by atoms with Crippen LogP contribution in [0.25, 0.3) is 0 Å². The second-order valence-corrected chi connectivity index (χ2v) is 6.63. The van der Waals surface area contributed by atoms with E-state index in [9.17, 15) is 0 Å². The van der Waals surface area contributed by atoms with E-state index in [0.29, 0.717) is 6.04 Å². The van der Waals surface area contributed by atoms with Crippen LogP contribution in [0.4, 0.5) is 0 Å². The molecular formula is C17H28N2. The maximum absolute atomic E-state index is 6.24. The standard InChI is InChI=1S/C17H28N2/c1-13-12-15-16(18)9-4-10-17(15)19(13)11-5-8-14-6-2-3-7-14/h12,14,16H,2-11,18H2,1H3. The number of aromatic nitrogens is 1. The SMILES string of the molecule is Cc1cc2c(n1CCCC1CCCC1)CCCC2N. The molecule has 0 bridgehead atoms. The molecule has 2 heteroatoms. The van der Waals surface area contributed by atoms with Crippen molar-refractivity contribution in [1.82, 2.24) is 4.57 Å². The van der Waals surface area contributed by atoms with Crippen molar-refractivity contribution < 1.29 is 0 Å². The van der Waals surface area contributed by atoms with Gasteiger partial charge in [0.15, 0.2) is 0 Å². The second-order valence-electron chi connectivity index (χ2n) is 6.63. The molecule has 2 aliphatic rings. The summed E-state index contributed by atoms with van der Waals surface area (Å²) in [7, 11) is 0. The minimum absolute atomic E-state index is 0.290. The molecule has 1 atom stereocenters. The fraction of sp³-hybridized carbons (Fsp3) is 0.765. The first-order chi connectivity index (χ1) is 9.25. The Morgan fingerprint density at radius 2 is 2.00 bits per heavy atom. The summed E-state index contributed by atoms with van der Waals surface area (Å²) in [5, 5.41) is 0. The number of rotatable bonds is 4. The number of nitrogens with two attached hydrogens (primary N) is 1. The predicted octanol–water partition coefficient (Wildman–Crippen LogP) is 4.10. The summed E-state index contributed by atoms with van der Waals surface area (Å²) in [6.07, 6.45) is 12.3. The summed E-state index contributed by atoms with van der Waals surface area (Å²) in [6.45, 7) is 3.46. The molecule has 2 nitrogen and oxygen atoms in total. The third-order valence-electron chi connectivity index (χ3n) is 5.25. The van der Waals surface area contributed by atoms with Crippen LogP contribution in [0.15, 0.2) is 6.07 Å². The van der Waals surface area contributed by atoms with Crippen LogP contribution >= 0.6 is 0 Å². The van der Waals surface area contributed by atoms with Crippen LogP contribution in [-0.4, -0.2) is 4.57 Å². The Kier molecular flexibility index (Phi) is 3.97. The van der Waals surface area contributed by atoms with Gasteiger partial charge in [0.2, 0.25) is 0 Å². The van der Waals surface area contributed by atoms with Gasteiger partial charge in [-0.25, -0.2) is 0 Å². The van der Waals surface area contributed by atoms with Crippen molar-refractivity contribution >= 4 is 0 Å². The summed E-state index contributed by atoms with van der Waals surface area (Å²) in [5.74, 6) is 1.02. The van der Waals surface area contributed by atoms with Gasteiger partial charge in [-0.2, -0.15) is 0 Å². The van der Waals surface area contributed by atoms with Crippen molar-refractivity contribution in [3.05, 3.63) is 23.0 Å². The van der Waals surface area contributed by atoms with Crippen molar-refractivity contribution in [2.75, 3.05) is 0 Å². The molecular weight excluding hydrogens is 232 g/mol. The zero-order chi connectivity index (χ0) is 13.2. The molecule has 1 heterocycles. The van der Waals surface area contributed by atoms with E-state index in [0.717, 1.165) is 5.92 Å². The van der Waals surface area contributed by atoms with Crippen molar-refractivity contribution in [2.24, 2.45) is 11.7 Å². The lowest BCUT2D eigenvalue weighted by Gasteiger charge is -2.21. The summed E-state index contributed by atoms with van der Waals surface area (Å²) < 4.78 is 2.56. The normalized spacial score (nSPS) is 23.8. The summed E-state index contributed by atoms with van der Waals surface area (Å²) in [4.78, 5) is 0. The van der Waals surface area contributed by atoms with Gasteiger partial charge in [-0.05, 0) is 56.6 Å². The number of fused-ring (bicyclic) bond motifs is 1. The Balaban J connectivity index is 1.63. The van der Waals surface area contributed by atoms with Gasteiger partial charge in [0.1, 0.15) is 0 Å². The molecule has 0 saturated heterocycles. The largest absolute Gasteiger partial charge is 0.349 e. The van der Waals surface area contributed by atoms with Gasteiger partial charge < -0.3 is 10.3 Å². The highest BCUT2D eigenvalue weighted by Gasteiger charge is 2.22. The zero-order valence-corrected chi connectivity index (χ0v) is 12.3. The van der Waals surface area contributed by atoms with E-state index in [4.69, 9.17) is 5.73 Å². The Morgan fingerprint density at radius 3 is 2.79 bits per heavy atom. The minimum atomic E-state index is 0.290.